The highest BCUT2D eigenvalue weighted by Crippen LogP contribution is 2.11. The van der Waals surface area contributed by atoms with Gasteiger partial charge in [-0.1, -0.05) is 27.7 Å². The number of carbonyl (C=O) groups excluding carboxylic acids is 2. The first-order valence-electron chi connectivity index (χ1n) is 8.55. The van der Waals surface area contributed by atoms with Crippen LogP contribution in [0.5, 0.6) is 0 Å². The van der Waals surface area contributed by atoms with Crippen LogP contribution in [0.25, 0.3) is 0 Å². The summed E-state index contributed by atoms with van der Waals surface area (Å²) in [5, 5.41) is 13.2. The van der Waals surface area contributed by atoms with Crippen LogP contribution in [-0.4, -0.2) is 59.2 Å². The lowest BCUT2D eigenvalue weighted by Gasteiger charge is -2.22. The minimum absolute atomic E-state index is 0.00741. The van der Waals surface area contributed by atoms with Crippen molar-refractivity contribution in [3.63, 3.8) is 0 Å². The van der Waals surface area contributed by atoms with Crippen LogP contribution in [-0.2, 0) is 14.3 Å². The van der Waals surface area contributed by atoms with E-state index in [1.165, 1.54) is 6.92 Å². The Labute approximate surface area is 150 Å². The summed E-state index contributed by atoms with van der Waals surface area (Å²) in [6.45, 7) is 9.44. The Morgan fingerprint density at radius 2 is 1.88 bits per heavy atom. The van der Waals surface area contributed by atoms with Crippen molar-refractivity contribution in [1.29, 1.82) is 0 Å². The fourth-order valence-corrected chi connectivity index (χ4v) is 3.10. The number of nitrogens with one attached hydrogen (secondary N) is 1. The summed E-state index contributed by atoms with van der Waals surface area (Å²) < 4.78 is 5.24. The van der Waals surface area contributed by atoms with Gasteiger partial charge in [0.15, 0.2) is 5.78 Å². The number of aliphatic hydroxyl groups is 1. The van der Waals surface area contributed by atoms with Gasteiger partial charge in [0.2, 0.25) is 0 Å². The second-order valence-corrected chi connectivity index (χ2v) is 7.88. The van der Waals surface area contributed by atoms with Crippen molar-refractivity contribution < 1.29 is 19.4 Å². The molecule has 0 aromatic carbocycles. The zero-order valence-electron chi connectivity index (χ0n) is 15.6. The maximum absolute atomic E-state index is 12.2. The zero-order chi connectivity index (χ0) is 18.7. The maximum Gasteiger partial charge on any atom is 0.152 e. The van der Waals surface area contributed by atoms with Gasteiger partial charge in [-0.15, -0.1) is 0 Å². The number of thioether (sulfide) groups is 1. The number of ether oxygens (including phenoxy) is 1. The molecule has 0 amide bonds. The lowest BCUT2D eigenvalue weighted by atomic mass is 9.99. The molecule has 0 spiro atoms. The van der Waals surface area contributed by atoms with E-state index in [2.05, 4.69) is 5.32 Å². The summed E-state index contributed by atoms with van der Waals surface area (Å²) in [4.78, 5) is 23.1. The summed E-state index contributed by atoms with van der Waals surface area (Å²) in [5.41, 5.74) is 5.62. The third kappa shape index (κ3) is 12.0. The van der Waals surface area contributed by atoms with Gasteiger partial charge in [0.05, 0.1) is 18.8 Å². The predicted molar refractivity (Wildman–Crippen MR) is 99.1 cm³/mol. The lowest BCUT2D eigenvalue weighted by molar-refractivity contribution is -0.124. The topological polar surface area (TPSA) is 102 Å². The van der Waals surface area contributed by atoms with Crippen LogP contribution >= 0.6 is 11.8 Å². The molecule has 0 radical (unpaired) electrons. The van der Waals surface area contributed by atoms with Crippen molar-refractivity contribution in [1.82, 2.24) is 5.32 Å². The second kappa shape index (κ2) is 12.8. The van der Waals surface area contributed by atoms with Crippen molar-refractivity contribution in [3.8, 4) is 0 Å². The molecule has 6 nitrogen and oxygen atoms in total. The largest absolute Gasteiger partial charge is 0.390 e. The molecule has 24 heavy (non-hydrogen) atoms. The molecule has 0 saturated carbocycles. The molecule has 0 aromatic heterocycles. The normalized spacial score (nSPS) is 15.5. The molecule has 142 valence electrons. The van der Waals surface area contributed by atoms with Crippen molar-refractivity contribution >= 4 is 23.3 Å². The Morgan fingerprint density at radius 1 is 1.25 bits per heavy atom. The summed E-state index contributed by atoms with van der Waals surface area (Å²) in [6.07, 6.45) is -0.410. The van der Waals surface area contributed by atoms with Crippen LogP contribution < -0.4 is 11.1 Å². The molecule has 0 aromatic rings. The number of hydrogen-bond acceptors (Lipinski definition) is 7. The Morgan fingerprint density at radius 3 is 2.38 bits per heavy atom. The van der Waals surface area contributed by atoms with Crippen molar-refractivity contribution in [2.45, 2.75) is 71.9 Å². The van der Waals surface area contributed by atoms with Crippen LogP contribution in [0.3, 0.4) is 0 Å². The van der Waals surface area contributed by atoms with E-state index in [4.69, 9.17) is 10.5 Å². The Kier molecular flexibility index (Phi) is 12.6. The molecule has 4 N–H and O–H groups in total. The minimum atomic E-state index is -0.662. The third-order valence-corrected chi connectivity index (χ3v) is 4.44. The first-order valence-corrected chi connectivity index (χ1v) is 9.71. The fraction of sp³-hybridized carbons (Fsp3) is 0.882. The smallest absolute Gasteiger partial charge is 0.152 e. The molecule has 0 aliphatic rings. The monoisotopic (exact) mass is 362 g/mol. The first kappa shape index (κ1) is 23.5. The third-order valence-electron chi connectivity index (χ3n) is 3.30. The summed E-state index contributed by atoms with van der Waals surface area (Å²) in [6, 6.07) is 0.110. The highest BCUT2D eigenvalue weighted by Gasteiger charge is 2.21. The molecule has 0 heterocycles. The summed E-state index contributed by atoms with van der Waals surface area (Å²) >= 11 is 1.58. The van der Waals surface area contributed by atoms with Gasteiger partial charge in [0.25, 0.3) is 0 Å². The highest BCUT2D eigenvalue weighted by molar-refractivity contribution is 7.99. The first-order chi connectivity index (χ1) is 11.1. The van der Waals surface area contributed by atoms with Gasteiger partial charge in [-0.3, -0.25) is 9.59 Å². The summed E-state index contributed by atoms with van der Waals surface area (Å²) in [5.74, 6) is 1.48. The van der Waals surface area contributed by atoms with E-state index in [0.29, 0.717) is 5.75 Å². The number of carbonyl (C=O) groups is 2. The van der Waals surface area contributed by atoms with Crippen LogP contribution in [0.15, 0.2) is 0 Å². The van der Waals surface area contributed by atoms with Gasteiger partial charge in [-0.25, -0.2) is 0 Å². The second-order valence-electron chi connectivity index (χ2n) is 6.73. The molecule has 2 unspecified atom stereocenters. The van der Waals surface area contributed by atoms with E-state index < -0.39 is 12.3 Å². The molecule has 0 saturated heterocycles. The Balaban J connectivity index is 4.02. The number of nitrogens with two attached hydrogens (primary N) is 1. The molecule has 3 atom stereocenters. The number of hydrogen-bond donors (Lipinski definition) is 3. The van der Waals surface area contributed by atoms with Gasteiger partial charge in [-0.2, -0.15) is 11.8 Å². The van der Waals surface area contributed by atoms with E-state index in [1.54, 1.807) is 11.8 Å². The molecule has 0 fully saturated rings. The average molecular weight is 363 g/mol. The zero-order valence-corrected chi connectivity index (χ0v) is 16.4. The Hall–Kier alpha value is -0.470. The quantitative estimate of drug-likeness (QED) is 0.317. The molecular weight excluding hydrogens is 328 g/mol. The van der Waals surface area contributed by atoms with E-state index >= 15 is 0 Å². The number of rotatable bonds is 14. The summed E-state index contributed by atoms with van der Waals surface area (Å²) in [7, 11) is 0. The van der Waals surface area contributed by atoms with E-state index in [1.807, 2.05) is 27.7 Å². The number of ketones is 2. The molecular formula is C17H34N2O4S. The molecule has 0 aliphatic heterocycles. The standard InChI is InChI=1S/C17H34N2O4S/c1-11(2)17(22)15(19-12(3)4)6-7-24-10-14(21)9-23-16(18)8-13(5)20/h11-12,14-16,19,21H,6-10,18H2,1-5H3/t14?,15-,16?/m0/s1. The van der Waals surface area contributed by atoms with Gasteiger partial charge in [0.1, 0.15) is 12.0 Å². The number of Topliss-reactive ketones (excluding diaryl/α,β-unsaturated/α-hetero) is 2. The van der Waals surface area contributed by atoms with Crippen LogP contribution in [0.4, 0.5) is 0 Å². The molecule has 7 heteroatoms. The Bertz CT molecular complexity index is 378. The van der Waals surface area contributed by atoms with Gasteiger partial charge >= 0.3 is 0 Å². The van der Waals surface area contributed by atoms with Crippen molar-refractivity contribution in [2.75, 3.05) is 18.1 Å². The maximum atomic E-state index is 12.2. The van der Waals surface area contributed by atoms with E-state index in [-0.39, 0.29) is 42.6 Å². The van der Waals surface area contributed by atoms with Crippen LogP contribution in [0.2, 0.25) is 0 Å². The van der Waals surface area contributed by atoms with Crippen LogP contribution in [0.1, 0.15) is 47.5 Å². The van der Waals surface area contributed by atoms with Crippen molar-refractivity contribution in [2.24, 2.45) is 11.7 Å². The van der Waals surface area contributed by atoms with Crippen LogP contribution in [0, 0.1) is 5.92 Å². The van der Waals surface area contributed by atoms with E-state index in [9.17, 15) is 14.7 Å². The average Bonchev–Trinajstić information content (AvgIpc) is 2.46. The van der Waals surface area contributed by atoms with Crippen molar-refractivity contribution in [3.05, 3.63) is 0 Å². The predicted octanol–water partition coefficient (Wildman–Crippen LogP) is 1.34. The van der Waals surface area contributed by atoms with Gasteiger partial charge in [-0.05, 0) is 19.1 Å². The lowest BCUT2D eigenvalue weighted by Crippen LogP contribution is -2.43. The van der Waals surface area contributed by atoms with E-state index in [0.717, 1.165) is 12.2 Å². The van der Waals surface area contributed by atoms with Gasteiger partial charge in [0, 0.05) is 24.1 Å². The highest BCUT2D eigenvalue weighted by atomic mass is 32.2. The molecule has 0 rings (SSSR count). The molecule has 0 aliphatic carbocycles. The SMILES string of the molecule is CC(=O)CC(N)OCC(O)CSCC[C@H](NC(C)C)C(=O)C(C)C. The molecule has 0 bridgehead atoms. The van der Waals surface area contributed by atoms with Gasteiger partial charge < -0.3 is 20.9 Å². The number of aliphatic hydroxyl groups excluding tert-OH is 1. The fourth-order valence-electron chi connectivity index (χ4n) is 2.16. The minimum Gasteiger partial charge on any atom is -0.390 e.